The number of hydrogen-bond acceptors (Lipinski definition) is 5. The number of amides is 1. The van der Waals surface area contributed by atoms with Crippen LogP contribution >= 0.6 is 11.8 Å². The van der Waals surface area contributed by atoms with Crippen molar-refractivity contribution < 1.29 is 36.8 Å². The van der Waals surface area contributed by atoms with Crippen LogP contribution < -0.4 is 22.3 Å². The summed E-state index contributed by atoms with van der Waals surface area (Å²) >= 11 is 1.60. The summed E-state index contributed by atoms with van der Waals surface area (Å²) in [7, 11) is 2.00. The predicted molar refractivity (Wildman–Crippen MR) is 108 cm³/mol. The summed E-state index contributed by atoms with van der Waals surface area (Å²) in [6, 6.07) is 0.158. The molecule has 0 spiro atoms. The predicted octanol–water partition coefficient (Wildman–Crippen LogP) is -2.68. The van der Waals surface area contributed by atoms with Gasteiger partial charge in [0.25, 0.3) is 0 Å². The Morgan fingerprint density at radius 2 is 2.20 bits per heavy atom. The van der Waals surface area contributed by atoms with E-state index in [9.17, 15) is 19.8 Å². The SMILES string of the molecule is C[C@@H](O)[C@H]1C(=O)N2C(C(=O)O)=C(S[C@H]3CN[C@H](CCn4cc[n+](C)c4)C3)[C@H](C)[C@H]12.[Cl-]. The van der Waals surface area contributed by atoms with Crippen LogP contribution in [0.1, 0.15) is 26.7 Å². The molecule has 166 valence electrons. The number of fused-ring (bicyclic) bond motifs is 1. The van der Waals surface area contributed by atoms with Gasteiger partial charge in [-0.3, -0.25) is 4.79 Å². The molecule has 3 aliphatic rings. The third-order valence-corrected chi connectivity index (χ3v) is 7.86. The summed E-state index contributed by atoms with van der Waals surface area (Å²) in [6.45, 7) is 5.35. The number of β-lactam (4-membered cyclic amide) rings is 1. The largest absolute Gasteiger partial charge is 1.00 e. The van der Waals surface area contributed by atoms with Crippen LogP contribution in [0.5, 0.6) is 0 Å². The second-order valence-electron chi connectivity index (χ2n) is 8.46. The minimum absolute atomic E-state index is 0. The van der Waals surface area contributed by atoms with Crippen LogP contribution in [0.3, 0.4) is 0 Å². The number of aliphatic hydroxyl groups is 1. The van der Waals surface area contributed by atoms with E-state index in [1.54, 1.807) is 18.7 Å². The number of thioether (sulfide) groups is 1. The Kier molecular flexibility index (Phi) is 6.86. The molecule has 0 aromatic carbocycles. The zero-order valence-corrected chi connectivity index (χ0v) is 18.9. The molecule has 0 aliphatic carbocycles. The van der Waals surface area contributed by atoms with E-state index in [0.717, 1.165) is 30.8 Å². The Morgan fingerprint density at radius 3 is 2.80 bits per heavy atom. The van der Waals surface area contributed by atoms with Crippen molar-refractivity contribution in [3.8, 4) is 0 Å². The lowest BCUT2D eigenvalue weighted by molar-refractivity contribution is -0.671. The van der Waals surface area contributed by atoms with E-state index in [1.165, 1.54) is 4.90 Å². The van der Waals surface area contributed by atoms with Crippen LogP contribution in [0.2, 0.25) is 0 Å². The normalized spacial score (nSPS) is 31.4. The summed E-state index contributed by atoms with van der Waals surface area (Å²) in [4.78, 5) is 26.5. The van der Waals surface area contributed by atoms with Crippen molar-refractivity contribution in [1.82, 2.24) is 14.8 Å². The molecule has 10 heteroatoms. The molecule has 3 N–H and O–H groups in total. The zero-order chi connectivity index (χ0) is 20.9. The van der Waals surface area contributed by atoms with Gasteiger partial charge in [0.2, 0.25) is 12.2 Å². The van der Waals surface area contributed by atoms with Gasteiger partial charge in [-0.05, 0) is 13.3 Å². The number of hydrogen-bond donors (Lipinski definition) is 3. The number of aryl methyl sites for hydroxylation is 2. The molecule has 8 nitrogen and oxygen atoms in total. The molecule has 6 atom stereocenters. The molecule has 0 radical (unpaired) electrons. The number of carboxylic acids is 1. The van der Waals surface area contributed by atoms with Gasteiger partial charge in [-0.1, -0.05) is 6.92 Å². The molecule has 0 saturated carbocycles. The minimum atomic E-state index is -1.05. The maximum absolute atomic E-state index is 12.4. The fourth-order valence-electron chi connectivity index (χ4n) is 4.89. The highest BCUT2D eigenvalue weighted by atomic mass is 35.5. The van der Waals surface area contributed by atoms with E-state index in [4.69, 9.17) is 0 Å². The first-order chi connectivity index (χ1) is 13.8. The number of carbonyl (C=O) groups excluding carboxylic acids is 1. The summed E-state index contributed by atoms with van der Waals surface area (Å²) in [5.74, 6) is -1.90. The Morgan fingerprint density at radius 1 is 1.47 bits per heavy atom. The molecule has 1 amide bonds. The molecule has 4 rings (SSSR count). The second kappa shape index (κ2) is 8.90. The van der Waals surface area contributed by atoms with E-state index < -0.39 is 18.0 Å². The van der Waals surface area contributed by atoms with Crippen molar-refractivity contribution in [1.29, 1.82) is 0 Å². The number of nitrogens with one attached hydrogen (secondary N) is 1. The van der Waals surface area contributed by atoms with Gasteiger partial charge in [0, 0.05) is 35.1 Å². The molecular weight excluding hydrogens is 428 g/mol. The van der Waals surface area contributed by atoms with Gasteiger partial charge >= 0.3 is 5.97 Å². The molecule has 3 aliphatic heterocycles. The second-order valence-corrected chi connectivity index (χ2v) is 9.80. The lowest BCUT2D eigenvalue weighted by Crippen LogP contribution is -3.00. The Bertz CT molecular complexity index is 858. The van der Waals surface area contributed by atoms with Crippen molar-refractivity contribution in [3.05, 3.63) is 29.3 Å². The first-order valence-electron chi connectivity index (χ1n) is 10.2. The summed E-state index contributed by atoms with van der Waals surface area (Å²) in [5, 5.41) is 23.6. The highest BCUT2D eigenvalue weighted by molar-refractivity contribution is 8.03. The third-order valence-electron chi connectivity index (χ3n) is 6.35. The quantitative estimate of drug-likeness (QED) is 0.306. The van der Waals surface area contributed by atoms with E-state index in [0.29, 0.717) is 6.04 Å². The smallest absolute Gasteiger partial charge is 0.353 e. The number of aliphatic hydroxyl groups excluding tert-OH is 1. The highest BCUT2D eigenvalue weighted by Crippen LogP contribution is 2.51. The molecule has 0 unspecified atom stereocenters. The monoisotopic (exact) mass is 456 g/mol. The third kappa shape index (κ3) is 4.00. The van der Waals surface area contributed by atoms with Crippen LogP contribution in [0.15, 0.2) is 29.3 Å². The van der Waals surface area contributed by atoms with E-state index >= 15 is 0 Å². The van der Waals surface area contributed by atoms with Crippen molar-refractivity contribution in [3.63, 3.8) is 0 Å². The average Bonchev–Trinajstić information content (AvgIpc) is 3.32. The molecule has 0 bridgehead atoms. The van der Waals surface area contributed by atoms with Gasteiger partial charge in [0.15, 0.2) is 0 Å². The molecule has 2 saturated heterocycles. The first-order valence-corrected chi connectivity index (χ1v) is 11.1. The van der Waals surface area contributed by atoms with Crippen LogP contribution in [0.25, 0.3) is 0 Å². The summed E-state index contributed by atoms with van der Waals surface area (Å²) in [6.07, 6.45) is 7.37. The van der Waals surface area contributed by atoms with Crippen LogP contribution in [0, 0.1) is 11.8 Å². The zero-order valence-electron chi connectivity index (χ0n) is 17.4. The van der Waals surface area contributed by atoms with Crippen molar-refractivity contribution in [2.45, 2.75) is 56.7 Å². The van der Waals surface area contributed by atoms with Gasteiger partial charge < -0.3 is 32.8 Å². The molecule has 1 aromatic rings. The molecule has 4 heterocycles. The molecular formula is C20H29ClN4O4S. The average molecular weight is 457 g/mol. The number of nitrogens with zero attached hydrogens (tertiary/aromatic N) is 3. The van der Waals surface area contributed by atoms with Gasteiger partial charge in [0.05, 0.1) is 31.7 Å². The number of carbonyl (C=O) groups is 2. The van der Waals surface area contributed by atoms with Crippen LogP contribution in [-0.2, 0) is 23.2 Å². The molecule has 1 aromatic heterocycles. The van der Waals surface area contributed by atoms with Gasteiger partial charge in [-0.25, -0.2) is 13.9 Å². The van der Waals surface area contributed by atoms with Crippen molar-refractivity contribution >= 4 is 23.6 Å². The van der Waals surface area contributed by atoms with Gasteiger partial charge in [0.1, 0.15) is 18.1 Å². The highest BCUT2D eigenvalue weighted by Gasteiger charge is 2.60. The Balaban J connectivity index is 0.00000256. The number of rotatable bonds is 7. The number of aliphatic carboxylic acids is 1. The maximum Gasteiger partial charge on any atom is 0.353 e. The summed E-state index contributed by atoms with van der Waals surface area (Å²) in [5.41, 5.74) is 0.123. The van der Waals surface area contributed by atoms with E-state index in [1.807, 2.05) is 24.7 Å². The van der Waals surface area contributed by atoms with Crippen LogP contribution in [0.4, 0.5) is 0 Å². The first kappa shape index (κ1) is 23.1. The van der Waals surface area contributed by atoms with Gasteiger partial charge in [-0.15, -0.1) is 11.8 Å². The topological polar surface area (TPSA) is 98.7 Å². The Labute approximate surface area is 186 Å². The molecule has 30 heavy (non-hydrogen) atoms. The standard InChI is InChI=1S/C20H28N4O4S.ClH/c1-11-16-15(12(2)25)19(26)24(16)17(20(27)28)18(11)29-14-8-13(21-9-14)4-5-23-7-6-22(3)10-23;/h6-7,10-16,21,25H,4-5,8-9H2,1-3H3;1H/t11-,12-,13-,14-,15-,16-;/m1./s1. The Hall–Kier alpha value is -1.55. The number of imidazole rings is 1. The lowest BCUT2D eigenvalue weighted by atomic mass is 9.79. The van der Waals surface area contributed by atoms with E-state index in [-0.39, 0.29) is 41.2 Å². The lowest BCUT2D eigenvalue weighted by Gasteiger charge is -2.46. The van der Waals surface area contributed by atoms with Crippen LogP contribution in [-0.4, -0.2) is 61.5 Å². The minimum Gasteiger partial charge on any atom is -1.00 e. The van der Waals surface area contributed by atoms with Gasteiger partial charge in [-0.2, -0.15) is 0 Å². The fourth-order valence-corrected chi connectivity index (χ4v) is 6.41. The van der Waals surface area contributed by atoms with Crippen molar-refractivity contribution in [2.75, 3.05) is 6.54 Å². The number of carboxylic acid groups (broad SMARTS) is 1. The number of aromatic nitrogens is 2. The van der Waals surface area contributed by atoms with Crippen molar-refractivity contribution in [2.24, 2.45) is 18.9 Å². The molecule has 2 fully saturated rings. The van der Waals surface area contributed by atoms with E-state index in [2.05, 4.69) is 22.4 Å². The summed E-state index contributed by atoms with van der Waals surface area (Å²) < 4.78 is 4.19. The fraction of sp³-hybridized carbons (Fsp3) is 0.650. The number of halogens is 1. The maximum atomic E-state index is 12.4.